The van der Waals surface area contributed by atoms with Crippen molar-refractivity contribution in [3.63, 3.8) is 0 Å². The molecule has 3 nitrogen and oxygen atoms in total. The number of ether oxygens (including phenoxy) is 1. The smallest absolute Gasteiger partial charge is 0.262 e. The Morgan fingerprint density at radius 3 is 2.07 bits per heavy atom. The number of halogens is 1. The first-order valence-corrected chi connectivity index (χ1v) is 11.6. The van der Waals surface area contributed by atoms with E-state index in [4.69, 9.17) is 16.3 Å². The summed E-state index contributed by atoms with van der Waals surface area (Å²) in [4.78, 5) is 12.4. The highest BCUT2D eigenvalue weighted by atomic mass is 35.5. The fraction of sp³-hybridized carbons (Fsp3) is 0.500. The number of anilines is 1. The lowest BCUT2D eigenvalue weighted by atomic mass is 9.48. The quantitative estimate of drug-likeness (QED) is 0.600. The molecular weight excluding hydrogens is 394 g/mol. The van der Waals surface area contributed by atoms with E-state index in [1.165, 1.54) is 44.1 Å². The van der Waals surface area contributed by atoms with Crippen LogP contribution >= 0.6 is 11.6 Å². The predicted molar refractivity (Wildman–Crippen MR) is 121 cm³/mol. The van der Waals surface area contributed by atoms with Gasteiger partial charge in [0.25, 0.3) is 5.91 Å². The molecular formula is C26H30ClNO2. The van der Waals surface area contributed by atoms with Crippen molar-refractivity contribution in [2.75, 3.05) is 11.9 Å². The molecule has 158 valence electrons. The Labute approximate surface area is 184 Å². The Morgan fingerprint density at radius 2 is 1.53 bits per heavy atom. The van der Waals surface area contributed by atoms with Gasteiger partial charge in [0.2, 0.25) is 0 Å². The predicted octanol–water partition coefficient (Wildman–Crippen LogP) is 6.44. The molecule has 1 N–H and O–H groups in total. The minimum atomic E-state index is -0.150. The average molecular weight is 424 g/mol. The standard InChI is InChI=1S/C26H30ClNO2/c1-16-7-23(8-17(2)25(16)27)30-15-24(29)28-22-5-3-21(4-6-22)26-12-18-9-19(13-26)11-20(10-18)14-26/h3-8,18-20H,9-15H2,1-2H3,(H,28,29). The van der Waals surface area contributed by atoms with Gasteiger partial charge >= 0.3 is 0 Å². The van der Waals surface area contributed by atoms with Crippen LogP contribution in [0.1, 0.15) is 55.2 Å². The second-order valence-corrected chi connectivity index (χ2v) is 10.4. The molecule has 4 aliphatic rings. The zero-order valence-corrected chi connectivity index (χ0v) is 18.6. The van der Waals surface area contributed by atoms with Gasteiger partial charge in [-0.25, -0.2) is 0 Å². The van der Waals surface area contributed by atoms with Gasteiger partial charge in [0, 0.05) is 10.7 Å². The summed E-state index contributed by atoms with van der Waals surface area (Å²) in [5.41, 5.74) is 4.60. The van der Waals surface area contributed by atoms with Gasteiger partial charge in [-0.3, -0.25) is 4.79 Å². The van der Waals surface area contributed by atoms with Crippen molar-refractivity contribution in [1.82, 2.24) is 0 Å². The average Bonchev–Trinajstić information content (AvgIpc) is 2.70. The summed E-state index contributed by atoms with van der Waals surface area (Å²) in [5, 5.41) is 3.71. The number of carbonyl (C=O) groups is 1. The molecule has 0 heterocycles. The van der Waals surface area contributed by atoms with Crippen LogP contribution in [0.25, 0.3) is 0 Å². The van der Waals surface area contributed by atoms with Crippen molar-refractivity contribution in [3.8, 4) is 5.75 Å². The Hall–Kier alpha value is -2.00. The van der Waals surface area contributed by atoms with Crippen LogP contribution in [0.4, 0.5) is 5.69 Å². The molecule has 0 spiro atoms. The van der Waals surface area contributed by atoms with Crippen molar-refractivity contribution in [1.29, 1.82) is 0 Å². The minimum Gasteiger partial charge on any atom is -0.484 e. The molecule has 4 aliphatic carbocycles. The third kappa shape index (κ3) is 3.73. The van der Waals surface area contributed by atoms with Gasteiger partial charge in [-0.1, -0.05) is 23.7 Å². The maximum Gasteiger partial charge on any atom is 0.262 e. The number of amides is 1. The number of aryl methyl sites for hydroxylation is 2. The second kappa shape index (κ2) is 7.60. The number of hydrogen-bond acceptors (Lipinski definition) is 2. The molecule has 2 aromatic carbocycles. The third-order valence-corrected chi connectivity index (χ3v) is 8.20. The van der Waals surface area contributed by atoms with Gasteiger partial charge in [-0.05, 0) is 116 Å². The lowest BCUT2D eigenvalue weighted by molar-refractivity contribution is -0.118. The zero-order chi connectivity index (χ0) is 20.9. The fourth-order valence-electron chi connectivity index (χ4n) is 6.71. The first-order valence-electron chi connectivity index (χ1n) is 11.2. The summed E-state index contributed by atoms with van der Waals surface area (Å²) in [6.45, 7) is 3.86. The second-order valence-electron chi connectivity index (χ2n) is 9.98. The molecule has 0 aromatic heterocycles. The monoisotopic (exact) mass is 423 g/mol. The van der Waals surface area contributed by atoms with Crippen molar-refractivity contribution in [2.24, 2.45) is 17.8 Å². The molecule has 30 heavy (non-hydrogen) atoms. The van der Waals surface area contributed by atoms with Crippen LogP contribution in [0, 0.1) is 31.6 Å². The Balaban J connectivity index is 1.21. The molecule has 0 radical (unpaired) electrons. The van der Waals surface area contributed by atoms with Crippen LogP contribution in [0.5, 0.6) is 5.75 Å². The molecule has 4 fully saturated rings. The minimum absolute atomic E-state index is 0.0166. The normalized spacial score (nSPS) is 29.1. The van der Waals surface area contributed by atoms with E-state index in [1.54, 1.807) is 0 Å². The molecule has 4 heteroatoms. The van der Waals surface area contributed by atoms with Crippen LogP contribution in [-0.4, -0.2) is 12.5 Å². The lowest BCUT2D eigenvalue weighted by Gasteiger charge is -2.57. The van der Waals surface area contributed by atoms with E-state index in [1.807, 2.05) is 26.0 Å². The van der Waals surface area contributed by atoms with Crippen molar-refractivity contribution >= 4 is 23.2 Å². The number of hydrogen-bond donors (Lipinski definition) is 1. The first-order chi connectivity index (χ1) is 14.4. The van der Waals surface area contributed by atoms with Crippen molar-refractivity contribution in [2.45, 2.75) is 57.8 Å². The van der Waals surface area contributed by atoms with Crippen LogP contribution in [0.3, 0.4) is 0 Å². The highest BCUT2D eigenvalue weighted by Gasteiger charge is 2.51. The van der Waals surface area contributed by atoms with Crippen molar-refractivity contribution < 1.29 is 9.53 Å². The largest absolute Gasteiger partial charge is 0.484 e. The fourth-order valence-corrected chi connectivity index (χ4v) is 6.82. The zero-order valence-electron chi connectivity index (χ0n) is 17.8. The topological polar surface area (TPSA) is 38.3 Å². The van der Waals surface area contributed by atoms with Gasteiger partial charge in [0.15, 0.2) is 6.61 Å². The van der Waals surface area contributed by atoms with E-state index in [0.29, 0.717) is 11.2 Å². The Morgan fingerprint density at radius 1 is 1.00 bits per heavy atom. The van der Waals surface area contributed by atoms with E-state index in [2.05, 4.69) is 29.6 Å². The SMILES string of the molecule is Cc1cc(OCC(=O)Nc2ccc(C34CC5CC(CC(C5)C3)C4)cc2)cc(C)c1Cl. The maximum atomic E-state index is 12.4. The summed E-state index contributed by atoms with van der Waals surface area (Å²) in [6.07, 6.45) is 8.45. The maximum absolute atomic E-state index is 12.4. The molecule has 0 unspecified atom stereocenters. The third-order valence-electron chi connectivity index (χ3n) is 7.60. The lowest BCUT2D eigenvalue weighted by Crippen LogP contribution is -2.48. The molecule has 0 aliphatic heterocycles. The van der Waals surface area contributed by atoms with Gasteiger partial charge in [0.05, 0.1) is 0 Å². The summed E-state index contributed by atoms with van der Waals surface area (Å²) in [7, 11) is 0. The van der Waals surface area contributed by atoms with Crippen LogP contribution < -0.4 is 10.1 Å². The van der Waals surface area contributed by atoms with E-state index in [-0.39, 0.29) is 12.5 Å². The van der Waals surface area contributed by atoms with E-state index >= 15 is 0 Å². The van der Waals surface area contributed by atoms with E-state index < -0.39 is 0 Å². The summed E-state index contributed by atoms with van der Waals surface area (Å²) >= 11 is 6.20. The Bertz CT molecular complexity index is 907. The van der Waals surface area contributed by atoms with Crippen LogP contribution in [0.15, 0.2) is 36.4 Å². The summed E-state index contributed by atoms with van der Waals surface area (Å²) in [6, 6.07) is 12.3. The highest BCUT2D eigenvalue weighted by Crippen LogP contribution is 2.60. The molecule has 0 saturated heterocycles. The van der Waals surface area contributed by atoms with E-state index in [0.717, 1.165) is 39.6 Å². The highest BCUT2D eigenvalue weighted by molar-refractivity contribution is 6.32. The summed E-state index contributed by atoms with van der Waals surface area (Å²) in [5.74, 6) is 3.33. The molecule has 0 atom stereocenters. The summed E-state index contributed by atoms with van der Waals surface area (Å²) < 4.78 is 5.67. The number of rotatable bonds is 5. The van der Waals surface area contributed by atoms with Crippen LogP contribution in [-0.2, 0) is 10.2 Å². The molecule has 6 rings (SSSR count). The van der Waals surface area contributed by atoms with Gasteiger partial charge in [-0.15, -0.1) is 0 Å². The van der Waals surface area contributed by atoms with Gasteiger partial charge in [-0.2, -0.15) is 0 Å². The van der Waals surface area contributed by atoms with E-state index in [9.17, 15) is 4.79 Å². The van der Waals surface area contributed by atoms with Gasteiger partial charge in [0.1, 0.15) is 5.75 Å². The molecule has 4 bridgehead atoms. The Kier molecular flexibility index (Phi) is 5.05. The number of nitrogens with one attached hydrogen (secondary N) is 1. The first kappa shape index (κ1) is 19.9. The molecule has 1 amide bonds. The molecule has 2 aromatic rings. The number of benzene rings is 2. The van der Waals surface area contributed by atoms with Crippen LogP contribution in [0.2, 0.25) is 5.02 Å². The van der Waals surface area contributed by atoms with Gasteiger partial charge < -0.3 is 10.1 Å². The molecule has 4 saturated carbocycles. The van der Waals surface area contributed by atoms with Crippen molar-refractivity contribution in [3.05, 3.63) is 58.1 Å². The number of carbonyl (C=O) groups excluding carboxylic acids is 1.